The number of rotatable bonds is 5. The Morgan fingerprint density at radius 1 is 1.16 bits per heavy atom. The van der Waals surface area contributed by atoms with Crippen LogP contribution in [0.2, 0.25) is 0 Å². The normalized spacial score (nSPS) is 16.9. The van der Waals surface area contributed by atoms with Crippen LogP contribution < -0.4 is 5.43 Å². The summed E-state index contributed by atoms with van der Waals surface area (Å²) in [6.07, 6.45) is 1.44. The van der Waals surface area contributed by atoms with Crippen LogP contribution in [0.5, 0.6) is 0 Å². The SMILES string of the molecule is CCOC(=O)/C(=N/NC1CCc2ccccc2C1=O)c1ccccc1. The number of carbonyl (C=O) groups excluding carboxylic acids is 2. The van der Waals surface area contributed by atoms with E-state index in [1.54, 1.807) is 19.1 Å². The average molecular weight is 336 g/mol. The minimum Gasteiger partial charge on any atom is -0.461 e. The Morgan fingerprint density at radius 3 is 2.64 bits per heavy atom. The number of benzene rings is 2. The van der Waals surface area contributed by atoms with Crippen molar-refractivity contribution in [2.24, 2.45) is 5.10 Å². The average Bonchev–Trinajstić information content (AvgIpc) is 2.65. The van der Waals surface area contributed by atoms with Gasteiger partial charge < -0.3 is 4.74 Å². The van der Waals surface area contributed by atoms with E-state index < -0.39 is 12.0 Å². The Balaban J connectivity index is 1.82. The van der Waals surface area contributed by atoms with Gasteiger partial charge in [-0.05, 0) is 25.3 Å². The quantitative estimate of drug-likeness (QED) is 0.518. The van der Waals surface area contributed by atoms with Crippen LogP contribution in [0.15, 0.2) is 59.7 Å². The lowest BCUT2D eigenvalue weighted by Gasteiger charge is -2.23. The number of hydrogen-bond donors (Lipinski definition) is 1. The van der Waals surface area contributed by atoms with E-state index in [9.17, 15) is 9.59 Å². The van der Waals surface area contributed by atoms with Crippen LogP contribution in [-0.4, -0.2) is 30.1 Å². The summed E-state index contributed by atoms with van der Waals surface area (Å²) >= 11 is 0. The van der Waals surface area contributed by atoms with Gasteiger partial charge in [0.15, 0.2) is 11.5 Å². The van der Waals surface area contributed by atoms with Crippen molar-refractivity contribution in [3.63, 3.8) is 0 Å². The molecule has 0 fully saturated rings. The Hall–Kier alpha value is -2.95. The molecule has 5 nitrogen and oxygen atoms in total. The lowest BCUT2D eigenvalue weighted by atomic mass is 9.87. The molecule has 1 aliphatic carbocycles. The molecule has 0 heterocycles. The summed E-state index contributed by atoms with van der Waals surface area (Å²) in [6, 6.07) is 16.2. The number of ketones is 1. The van der Waals surface area contributed by atoms with Crippen molar-refractivity contribution < 1.29 is 14.3 Å². The molecule has 1 atom stereocenters. The number of ether oxygens (including phenoxy) is 1. The van der Waals surface area contributed by atoms with Crippen LogP contribution in [0.4, 0.5) is 0 Å². The summed E-state index contributed by atoms with van der Waals surface area (Å²) < 4.78 is 5.09. The van der Waals surface area contributed by atoms with Crippen molar-refractivity contribution in [3.8, 4) is 0 Å². The maximum Gasteiger partial charge on any atom is 0.359 e. The lowest BCUT2D eigenvalue weighted by Crippen LogP contribution is -2.38. The summed E-state index contributed by atoms with van der Waals surface area (Å²) in [5, 5.41) is 4.23. The molecule has 0 spiro atoms. The third kappa shape index (κ3) is 3.76. The summed E-state index contributed by atoms with van der Waals surface area (Å²) in [5.74, 6) is -0.508. The smallest absolute Gasteiger partial charge is 0.359 e. The van der Waals surface area contributed by atoms with E-state index in [1.165, 1.54) is 0 Å². The fourth-order valence-corrected chi connectivity index (χ4v) is 2.89. The standard InChI is InChI=1S/C20H20N2O3/c1-2-25-20(24)18(15-9-4-3-5-10-15)22-21-17-13-12-14-8-6-7-11-16(14)19(17)23/h3-11,17,21H,2,12-13H2,1H3/b22-18+. The van der Waals surface area contributed by atoms with Crippen molar-refractivity contribution >= 4 is 17.5 Å². The third-order valence-electron chi connectivity index (χ3n) is 4.15. The topological polar surface area (TPSA) is 67.8 Å². The molecular weight excluding hydrogens is 316 g/mol. The predicted molar refractivity (Wildman–Crippen MR) is 95.6 cm³/mol. The Kier molecular flexibility index (Phi) is 5.23. The molecule has 0 aliphatic heterocycles. The highest BCUT2D eigenvalue weighted by Crippen LogP contribution is 2.21. The number of Topliss-reactive ketones (excluding diaryl/α,β-unsaturated/α-hetero) is 1. The lowest BCUT2D eigenvalue weighted by molar-refractivity contribution is -0.135. The highest BCUT2D eigenvalue weighted by Gasteiger charge is 2.27. The monoisotopic (exact) mass is 336 g/mol. The number of hydrazone groups is 1. The van der Waals surface area contributed by atoms with Crippen LogP contribution in [0.1, 0.15) is 34.8 Å². The molecule has 0 radical (unpaired) electrons. The van der Waals surface area contributed by atoms with Gasteiger partial charge in [0.05, 0.1) is 6.61 Å². The van der Waals surface area contributed by atoms with E-state index in [2.05, 4.69) is 10.5 Å². The van der Waals surface area contributed by atoms with Gasteiger partial charge in [-0.15, -0.1) is 0 Å². The molecule has 128 valence electrons. The molecule has 3 rings (SSSR count). The number of nitrogens with zero attached hydrogens (tertiary/aromatic N) is 1. The summed E-state index contributed by atoms with van der Waals surface area (Å²) in [4.78, 5) is 24.8. The zero-order valence-corrected chi connectivity index (χ0v) is 14.1. The van der Waals surface area contributed by atoms with Gasteiger partial charge in [-0.3, -0.25) is 10.2 Å². The fourth-order valence-electron chi connectivity index (χ4n) is 2.89. The first-order valence-electron chi connectivity index (χ1n) is 8.38. The Morgan fingerprint density at radius 2 is 1.88 bits per heavy atom. The first-order valence-corrected chi connectivity index (χ1v) is 8.38. The minimum absolute atomic E-state index is 0.00173. The molecule has 0 saturated heterocycles. The van der Waals surface area contributed by atoms with Crippen molar-refractivity contribution in [2.75, 3.05) is 6.61 Å². The Labute approximate surface area is 146 Å². The molecule has 25 heavy (non-hydrogen) atoms. The molecule has 0 aromatic heterocycles. The zero-order chi connectivity index (χ0) is 17.6. The molecule has 5 heteroatoms. The fraction of sp³-hybridized carbons (Fsp3) is 0.250. The predicted octanol–water partition coefficient (Wildman–Crippen LogP) is 2.74. The van der Waals surface area contributed by atoms with Gasteiger partial charge in [0.1, 0.15) is 6.04 Å². The molecule has 2 aromatic rings. The first kappa shape index (κ1) is 16.9. The van der Waals surface area contributed by atoms with Crippen molar-refractivity contribution in [3.05, 3.63) is 71.3 Å². The van der Waals surface area contributed by atoms with E-state index in [4.69, 9.17) is 4.74 Å². The second-order valence-electron chi connectivity index (χ2n) is 5.79. The molecule has 0 bridgehead atoms. The number of hydrogen-bond acceptors (Lipinski definition) is 5. The van der Waals surface area contributed by atoms with E-state index in [0.717, 1.165) is 17.5 Å². The molecule has 0 amide bonds. The first-order chi connectivity index (χ1) is 12.2. The number of esters is 1. The highest BCUT2D eigenvalue weighted by atomic mass is 16.5. The molecule has 1 aliphatic rings. The zero-order valence-electron chi connectivity index (χ0n) is 14.1. The van der Waals surface area contributed by atoms with Crippen LogP contribution in [0.25, 0.3) is 0 Å². The van der Waals surface area contributed by atoms with E-state index in [1.807, 2.05) is 42.5 Å². The van der Waals surface area contributed by atoms with E-state index in [-0.39, 0.29) is 18.1 Å². The summed E-state index contributed by atoms with van der Waals surface area (Å²) in [5.41, 5.74) is 5.49. The number of aryl methyl sites for hydroxylation is 1. The maximum absolute atomic E-state index is 12.6. The van der Waals surface area contributed by atoms with Crippen LogP contribution in [0, 0.1) is 0 Å². The van der Waals surface area contributed by atoms with Gasteiger partial charge in [-0.2, -0.15) is 5.10 Å². The van der Waals surface area contributed by atoms with Crippen molar-refractivity contribution in [1.29, 1.82) is 0 Å². The highest BCUT2D eigenvalue weighted by molar-refractivity contribution is 6.43. The number of fused-ring (bicyclic) bond motifs is 1. The largest absolute Gasteiger partial charge is 0.461 e. The molecule has 1 N–H and O–H groups in total. The van der Waals surface area contributed by atoms with Crippen LogP contribution >= 0.6 is 0 Å². The summed E-state index contributed by atoms with van der Waals surface area (Å²) in [6.45, 7) is 2.01. The van der Waals surface area contributed by atoms with Gasteiger partial charge in [0.25, 0.3) is 0 Å². The van der Waals surface area contributed by atoms with Crippen molar-refractivity contribution in [1.82, 2.24) is 5.43 Å². The van der Waals surface area contributed by atoms with Gasteiger partial charge in [0, 0.05) is 11.1 Å². The number of carbonyl (C=O) groups is 2. The van der Waals surface area contributed by atoms with E-state index in [0.29, 0.717) is 12.0 Å². The van der Waals surface area contributed by atoms with Gasteiger partial charge in [-0.25, -0.2) is 4.79 Å². The van der Waals surface area contributed by atoms with Crippen LogP contribution in [0.3, 0.4) is 0 Å². The Bertz CT molecular complexity index is 800. The maximum atomic E-state index is 12.6. The van der Waals surface area contributed by atoms with E-state index >= 15 is 0 Å². The van der Waals surface area contributed by atoms with Gasteiger partial charge >= 0.3 is 5.97 Å². The summed E-state index contributed by atoms with van der Waals surface area (Å²) in [7, 11) is 0. The second-order valence-corrected chi connectivity index (χ2v) is 5.79. The third-order valence-corrected chi connectivity index (χ3v) is 4.15. The molecule has 1 unspecified atom stereocenters. The number of nitrogens with one attached hydrogen (secondary N) is 1. The van der Waals surface area contributed by atoms with Crippen LogP contribution in [-0.2, 0) is 16.0 Å². The van der Waals surface area contributed by atoms with Gasteiger partial charge in [0.2, 0.25) is 0 Å². The molecule has 2 aromatic carbocycles. The molecular formula is C20H20N2O3. The second kappa shape index (κ2) is 7.75. The molecule has 0 saturated carbocycles. The minimum atomic E-state index is -0.509. The van der Waals surface area contributed by atoms with Gasteiger partial charge in [-0.1, -0.05) is 54.6 Å². The van der Waals surface area contributed by atoms with Crippen molar-refractivity contribution in [2.45, 2.75) is 25.8 Å².